The number of carbonyl (C=O) groups excluding carboxylic acids is 2. The van der Waals surface area contributed by atoms with E-state index in [4.69, 9.17) is 9.47 Å². The lowest BCUT2D eigenvalue weighted by Gasteiger charge is -2.19. The maximum Gasteiger partial charge on any atom is 0.325 e. The van der Waals surface area contributed by atoms with Crippen molar-refractivity contribution in [2.75, 3.05) is 13.7 Å². The lowest BCUT2D eigenvalue weighted by Crippen LogP contribution is -2.34. The highest BCUT2D eigenvalue weighted by Crippen LogP contribution is 2.07. The highest BCUT2D eigenvalue weighted by Gasteiger charge is 2.17. The molecule has 1 N–H and O–H groups in total. The van der Waals surface area contributed by atoms with Crippen LogP contribution in [0.3, 0.4) is 0 Å². The zero-order valence-corrected chi connectivity index (χ0v) is 11.5. The highest BCUT2D eigenvalue weighted by molar-refractivity contribution is 5.94. The van der Waals surface area contributed by atoms with E-state index in [1.54, 1.807) is 32.9 Å². The van der Waals surface area contributed by atoms with Crippen molar-refractivity contribution in [3.8, 4) is 5.88 Å². The van der Waals surface area contributed by atoms with Crippen molar-refractivity contribution in [1.29, 1.82) is 0 Å². The van der Waals surface area contributed by atoms with E-state index >= 15 is 0 Å². The Kier molecular flexibility index (Phi) is 4.86. The van der Waals surface area contributed by atoms with Gasteiger partial charge in [-0.1, -0.05) is 6.07 Å². The lowest BCUT2D eigenvalue weighted by atomic mass is 10.2. The van der Waals surface area contributed by atoms with E-state index in [-0.39, 0.29) is 12.2 Å². The average molecular weight is 266 g/mol. The largest absolute Gasteiger partial charge is 0.481 e. The van der Waals surface area contributed by atoms with Gasteiger partial charge in [-0.3, -0.25) is 9.59 Å². The normalized spacial score (nSPS) is 10.7. The SMILES string of the molecule is COc1cccc(C(=O)NCC(=O)OC(C)(C)C)n1. The first-order valence-electron chi connectivity index (χ1n) is 5.83. The van der Waals surface area contributed by atoms with Crippen LogP contribution < -0.4 is 10.1 Å². The number of nitrogens with zero attached hydrogens (tertiary/aromatic N) is 1. The standard InChI is InChI=1S/C13H18N2O4/c1-13(2,3)19-11(16)8-14-12(17)9-6-5-7-10(15-9)18-4/h5-7H,8H2,1-4H3,(H,14,17). The smallest absolute Gasteiger partial charge is 0.325 e. The Morgan fingerprint density at radius 3 is 2.58 bits per heavy atom. The number of ether oxygens (including phenoxy) is 2. The second kappa shape index (κ2) is 6.17. The average Bonchev–Trinajstić information content (AvgIpc) is 2.34. The number of methoxy groups -OCH3 is 1. The molecule has 1 heterocycles. The molecule has 0 saturated carbocycles. The van der Waals surface area contributed by atoms with Gasteiger partial charge < -0.3 is 14.8 Å². The number of rotatable bonds is 4. The monoisotopic (exact) mass is 266 g/mol. The van der Waals surface area contributed by atoms with Gasteiger partial charge in [0, 0.05) is 6.07 Å². The number of amides is 1. The summed E-state index contributed by atoms with van der Waals surface area (Å²) in [6.45, 7) is 5.08. The molecule has 6 heteroatoms. The van der Waals surface area contributed by atoms with Gasteiger partial charge in [0.25, 0.3) is 5.91 Å². The maximum absolute atomic E-state index is 11.7. The third kappa shape index (κ3) is 5.37. The first-order chi connectivity index (χ1) is 8.81. The number of pyridine rings is 1. The predicted molar refractivity (Wildman–Crippen MR) is 69.0 cm³/mol. The van der Waals surface area contributed by atoms with E-state index in [0.717, 1.165) is 0 Å². The Morgan fingerprint density at radius 1 is 1.32 bits per heavy atom. The Bertz CT molecular complexity index is 466. The summed E-state index contributed by atoms with van der Waals surface area (Å²) in [6.07, 6.45) is 0. The fourth-order valence-electron chi connectivity index (χ4n) is 1.28. The van der Waals surface area contributed by atoms with Crippen molar-refractivity contribution in [3.05, 3.63) is 23.9 Å². The van der Waals surface area contributed by atoms with Crippen LogP contribution in [0.25, 0.3) is 0 Å². The molecular weight excluding hydrogens is 248 g/mol. The maximum atomic E-state index is 11.7. The van der Waals surface area contributed by atoms with Crippen LogP contribution >= 0.6 is 0 Å². The van der Waals surface area contributed by atoms with Crippen LogP contribution in [0.1, 0.15) is 31.3 Å². The van der Waals surface area contributed by atoms with Gasteiger partial charge >= 0.3 is 5.97 Å². The van der Waals surface area contributed by atoms with Crippen molar-refractivity contribution in [1.82, 2.24) is 10.3 Å². The summed E-state index contributed by atoms with van der Waals surface area (Å²) in [5.41, 5.74) is -0.390. The Labute approximate surface area is 112 Å². The minimum absolute atomic E-state index is 0.183. The minimum Gasteiger partial charge on any atom is -0.481 e. The first kappa shape index (κ1) is 14.9. The molecule has 1 amide bonds. The number of hydrogen-bond acceptors (Lipinski definition) is 5. The summed E-state index contributed by atoms with van der Waals surface area (Å²) in [5, 5.41) is 2.44. The molecule has 19 heavy (non-hydrogen) atoms. The van der Waals surface area contributed by atoms with Gasteiger partial charge in [-0.15, -0.1) is 0 Å². The molecule has 0 saturated heterocycles. The predicted octanol–water partition coefficient (Wildman–Crippen LogP) is 1.16. The summed E-state index contributed by atoms with van der Waals surface area (Å²) < 4.78 is 9.98. The topological polar surface area (TPSA) is 77.5 Å². The fraction of sp³-hybridized carbons (Fsp3) is 0.462. The fourth-order valence-corrected chi connectivity index (χ4v) is 1.28. The quantitative estimate of drug-likeness (QED) is 0.827. The van der Waals surface area contributed by atoms with Gasteiger partial charge in [-0.2, -0.15) is 0 Å². The number of aromatic nitrogens is 1. The van der Waals surface area contributed by atoms with Crippen LogP contribution in [0.2, 0.25) is 0 Å². The molecule has 0 fully saturated rings. The molecule has 0 radical (unpaired) electrons. The van der Waals surface area contributed by atoms with Crippen LogP contribution in [-0.2, 0) is 9.53 Å². The summed E-state index contributed by atoms with van der Waals surface area (Å²) in [7, 11) is 1.46. The first-order valence-corrected chi connectivity index (χ1v) is 5.83. The minimum atomic E-state index is -0.573. The molecule has 0 aromatic carbocycles. The molecule has 104 valence electrons. The molecule has 0 aliphatic carbocycles. The van der Waals surface area contributed by atoms with Gasteiger partial charge in [-0.05, 0) is 26.8 Å². The number of hydrogen-bond donors (Lipinski definition) is 1. The van der Waals surface area contributed by atoms with Crippen LogP contribution in [0.4, 0.5) is 0 Å². The Hall–Kier alpha value is -2.11. The molecule has 1 rings (SSSR count). The second-order valence-corrected chi connectivity index (χ2v) is 4.83. The van der Waals surface area contributed by atoms with Crippen molar-refractivity contribution < 1.29 is 19.1 Å². The molecule has 1 aromatic heterocycles. The second-order valence-electron chi connectivity index (χ2n) is 4.83. The van der Waals surface area contributed by atoms with Gasteiger partial charge in [0.1, 0.15) is 17.8 Å². The Morgan fingerprint density at radius 2 is 2.00 bits per heavy atom. The number of carbonyl (C=O) groups is 2. The van der Waals surface area contributed by atoms with Crippen LogP contribution in [0.5, 0.6) is 5.88 Å². The summed E-state index contributed by atoms with van der Waals surface area (Å²) in [6, 6.07) is 4.81. The van der Waals surface area contributed by atoms with Crippen molar-refractivity contribution >= 4 is 11.9 Å². The molecule has 0 bridgehead atoms. The van der Waals surface area contributed by atoms with Crippen molar-refractivity contribution in [2.24, 2.45) is 0 Å². The zero-order valence-electron chi connectivity index (χ0n) is 11.5. The summed E-state index contributed by atoms with van der Waals surface area (Å²) >= 11 is 0. The summed E-state index contributed by atoms with van der Waals surface area (Å²) in [4.78, 5) is 27.1. The van der Waals surface area contributed by atoms with Gasteiger partial charge in [0.2, 0.25) is 5.88 Å². The number of nitrogens with one attached hydrogen (secondary N) is 1. The highest BCUT2D eigenvalue weighted by atomic mass is 16.6. The van der Waals surface area contributed by atoms with E-state index < -0.39 is 17.5 Å². The van der Waals surface area contributed by atoms with Crippen molar-refractivity contribution in [3.63, 3.8) is 0 Å². The third-order valence-corrected chi connectivity index (χ3v) is 1.98. The Balaban J connectivity index is 2.53. The molecule has 1 aromatic rings. The van der Waals surface area contributed by atoms with E-state index in [1.807, 2.05) is 0 Å². The van der Waals surface area contributed by atoms with E-state index in [1.165, 1.54) is 13.2 Å². The lowest BCUT2D eigenvalue weighted by molar-refractivity contribution is -0.153. The molecule has 0 atom stereocenters. The molecule has 0 spiro atoms. The van der Waals surface area contributed by atoms with Gasteiger partial charge in [0.15, 0.2) is 0 Å². The van der Waals surface area contributed by atoms with Gasteiger partial charge in [0.05, 0.1) is 7.11 Å². The van der Waals surface area contributed by atoms with Crippen LogP contribution in [0, 0.1) is 0 Å². The zero-order chi connectivity index (χ0) is 14.5. The number of esters is 1. The van der Waals surface area contributed by atoms with Crippen LogP contribution in [0.15, 0.2) is 18.2 Å². The van der Waals surface area contributed by atoms with Crippen molar-refractivity contribution in [2.45, 2.75) is 26.4 Å². The molecule has 0 unspecified atom stereocenters. The molecular formula is C13H18N2O4. The van der Waals surface area contributed by atoms with E-state index in [0.29, 0.717) is 5.88 Å². The third-order valence-electron chi connectivity index (χ3n) is 1.98. The molecule has 0 aliphatic heterocycles. The molecule has 0 aliphatic rings. The molecule has 6 nitrogen and oxygen atoms in total. The summed E-state index contributed by atoms with van der Waals surface area (Å²) in [5.74, 6) is -0.613. The van der Waals surface area contributed by atoms with Gasteiger partial charge in [-0.25, -0.2) is 4.98 Å². The van der Waals surface area contributed by atoms with E-state index in [9.17, 15) is 9.59 Å². The van der Waals surface area contributed by atoms with Crippen LogP contribution in [-0.4, -0.2) is 36.1 Å². The van der Waals surface area contributed by atoms with E-state index in [2.05, 4.69) is 10.3 Å².